The number of carbonyl (C=O) groups is 3. The fourth-order valence-corrected chi connectivity index (χ4v) is 3.89. The van der Waals surface area contributed by atoms with Crippen LogP contribution in [0, 0.1) is 11.7 Å². The van der Waals surface area contributed by atoms with Gasteiger partial charge in [-0.2, -0.15) is 0 Å². The summed E-state index contributed by atoms with van der Waals surface area (Å²) in [5, 5.41) is 13.8. The number of carboxylic acids is 1. The predicted octanol–water partition coefficient (Wildman–Crippen LogP) is 1.58. The summed E-state index contributed by atoms with van der Waals surface area (Å²) < 4.78 is 13.7. The highest BCUT2D eigenvalue weighted by Crippen LogP contribution is 2.23. The van der Waals surface area contributed by atoms with Crippen LogP contribution in [0.3, 0.4) is 0 Å². The number of benzene rings is 1. The van der Waals surface area contributed by atoms with Crippen LogP contribution in [0.4, 0.5) is 4.39 Å². The Labute approximate surface area is 155 Å². The normalized spacial score (nSPS) is 21.2. The van der Waals surface area contributed by atoms with Gasteiger partial charge in [-0.25, -0.2) is 9.18 Å². The minimum absolute atomic E-state index is 0.108. The van der Waals surface area contributed by atoms with Crippen LogP contribution < -0.4 is 10.6 Å². The lowest BCUT2D eigenvalue weighted by Gasteiger charge is -2.29. The van der Waals surface area contributed by atoms with Crippen molar-refractivity contribution in [1.82, 2.24) is 10.6 Å². The number of thioether (sulfide) groups is 1. The quantitative estimate of drug-likeness (QED) is 0.666. The number of nitrogens with one attached hydrogen (secondary N) is 2. The van der Waals surface area contributed by atoms with E-state index < -0.39 is 29.2 Å². The van der Waals surface area contributed by atoms with Crippen LogP contribution in [-0.2, 0) is 20.8 Å². The zero-order valence-corrected chi connectivity index (χ0v) is 15.5. The van der Waals surface area contributed by atoms with Crippen molar-refractivity contribution < 1.29 is 23.9 Å². The third-order valence-corrected chi connectivity index (χ3v) is 5.38. The third-order valence-electron chi connectivity index (χ3n) is 4.07. The van der Waals surface area contributed by atoms with Gasteiger partial charge < -0.3 is 15.7 Å². The molecule has 26 heavy (non-hydrogen) atoms. The summed E-state index contributed by atoms with van der Waals surface area (Å²) in [5.41, 5.74) is 0.450. The van der Waals surface area contributed by atoms with Crippen molar-refractivity contribution >= 4 is 29.5 Å². The first kappa shape index (κ1) is 20.2. The van der Waals surface area contributed by atoms with E-state index in [1.807, 2.05) is 13.8 Å². The molecule has 2 unspecified atom stereocenters. The van der Waals surface area contributed by atoms with Crippen molar-refractivity contribution in [3.05, 3.63) is 35.6 Å². The number of hydrogen-bond donors (Lipinski definition) is 3. The summed E-state index contributed by atoms with van der Waals surface area (Å²) in [5.74, 6) is -1.90. The van der Waals surface area contributed by atoms with Gasteiger partial charge in [0, 0.05) is 5.75 Å². The van der Waals surface area contributed by atoms with Crippen LogP contribution in [0.25, 0.3) is 0 Å². The van der Waals surface area contributed by atoms with Crippen LogP contribution >= 0.6 is 11.8 Å². The van der Waals surface area contributed by atoms with Crippen molar-refractivity contribution in [2.45, 2.75) is 44.0 Å². The van der Waals surface area contributed by atoms with Crippen LogP contribution in [-0.4, -0.2) is 46.0 Å². The molecule has 1 fully saturated rings. The van der Waals surface area contributed by atoms with E-state index in [2.05, 4.69) is 10.6 Å². The smallest absolute Gasteiger partial charge is 0.326 e. The Morgan fingerprint density at radius 3 is 2.65 bits per heavy atom. The average molecular weight is 382 g/mol. The van der Waals surface area contributed by atoms with E-state index in [-0.39, 0.29) is 24.1 Å². The molecule has 8 heteroatoms. The van der Waals surface area contributed by atoms with Crippen LogP contribution in [0.5, 0.6) is 0 Å². The van der Waals surface area contributed by atoms with Crippen molar-refractivity contribution in [3.8, 4) is 0 Å². The molecule has 0 spiro atoms. The van der Waals surface area contributed by atoms with Gasteiger partial charge >= 0.3 is 5.97 Å². The highest BCUT2D eigenvalue weighted by molar-refractivity contribution is 8.00. The molecule has 3 N–H and O–H groups in total. The highest BCUT2D eigenvalue weighted by atomic mass is 32.2. The standard InChI is InChI=1S/C18H23FN2O4S/c1-10(2)7-13(18(24)25)20-16(22)14-9-26-15(17(23)21-14)8-11-5-3-4-6-12(11)19/h3-6,10,13-15H,7-9H2,1-2H3,(H,20,22)(H,21,23)(H,24,25)/t13-,14?,15?/m1/s1. The van der Waals surface area contributed by atoms with Crippen molar-refractivity contribution in [1.29, 1.82) is 0 Å². The van der Waals surface area contributed by atoms with E-state index in [1.165, 1.54) is 17.8 Å². The largest absolute Gasteiger partial charge is 0.480 e. The summed E-state index contributed by atoms with van der Waals surface area (Å²) >= 11 is 1.27. The molecule has 0 saturated carbocycles. The Kier molecular flexibility index (Phi) is 7.02. The summed E-state index contributed by atoms with van der Waals surface area (Å²) in [6.07, 6.45) is 0.549. The average Bonchev–Trinajstić information content (AvgIpc) is 2.57. The fraction of sp³-hybridized carbons (Fsp3) is 0.500. The number of aliphatic carboxylic acids is 1. The molecule has 1 heterocycles. The molecule has 1 aromatic rings. The molecular formula is C18H23FN2O4S. The van der Waals surface area contributed by atoms with Crippen LogP contribution in [0.15, 0.2) is 24.3 Å². The SMILES string of the molecule is CC(C)C[C@@H](NC(=O)C1CSC(Cc2ccccc2F)C(=O)N1)C(=O)O. The van der Waals surface area contributed by atoms with Gasteiger partial charge in [-0.1, -0.05) is 32.0 Å². The van der Waals surface area contributed by atoms with E-state index in [9.17, 15) is 23.9 Å². The van der Waals surface area contributed by atoms with Gasteiger partial charge in [0.1, 0.15) is 17.9 Å². The topological polar surface area (TPSA) is 95.5 Å². The molecule has 1 aromatic carbocycles. The molecule has 2 amide bonds. The minimum Gasteiger partial charge on any atom is -0.480 e. The maximum absolute atomic E-state index is 13.7. The molecule has 0 aromatic heterocycles. The monoisotopic (exact) mass is 382 g/mol. The molecule has 142 valence electrons. The maximum atomic E-state index is 13.7. The van der Waals surface area contributed by atoms with Crippen molar-refractivity contribution in [3.63, 3.8) is 0 Å². The molecule has 0 aliphatic carbocycles. The molecule has 2 rings (SSSR count). The van der Waals surface area contributed by atoms with Gasteiger partial charge in [-0.15, -0.1) is 11.8 Å². The summed E-state index contributed by atoms with van der Waals surface area (Å²) in [6.45, 7) is 3.74. The van der Waals surface area contributed by atoms with Gasteiger partial charge in [0.05, 0.1) is 5.25 Å². The molecule has 0 bridgehead atoms. The number of amides is 2. The molecular weight excluding hydrogens is 359 g/mol. The molecule has 6 nitrogen and oxygen atoms in total. The molecule has 3 atom stereocenters. The Morgan fingerprint density at radius 2 is 2.08 bits per heavy atom. The van der Waals surface area contributed by atoms with E-state index in [0.717, 1.165) is 0 Å². The number of halogens is 1. The maximum Gasteiger partial charge on any atom is 0.326 e. The predicted molar refractivity (Wildman–Crippen MR) is 97.3 cm³/mol. The van der Waals surface area contributed by atoms with E-state index in [1.54, 1.807) is 18.2 Å². The number of carbonyl (C=O) groups excluding carboxylic acids is 2. The lowest BCUT2D eigenvalue weighted by Crippen LogP contribution is -2.57. The molecule has 0 radical (unpaired) electrons. The van der Waals surface area contributed by atoms with Gasteiger partial charge in [-0.05, 0) is 30.4 Å². The van der Waals surface area contributed by atoms with Crippen molar-refractivity contribution in [2.24, 2.45) is 5.92 Å². The zero-order chi connectivity index (χ0) is 19.3. The second-order valence-electron chi connectivity index (χ2n) is 6.71. The minimum atomic E-state index is -1.10. The van der Waals surface area contributed by atoms with Gasteiger partial charge in [-0.3, -0.25) is 9.59 Å². The van der Waals surface area contributed by atoms with Gasteiger partial charge in [0.15, 0.2) is 0 Å². The number of hydrogen-bond acceptors (Lipinski definition) is 4. The fourth-order valence-electron chi connectivity index (χ4n) is 2.72. The first-order chi connectivity index (χ1) is 12.3. The number of carboxylic acid groups (broad SMARTS) is 1. The molecule has 1 aliphatic rings. The highest BCUT2D eigenvalue weighted by Gasteiger charge is 2.34. The van der Waals surface area contributed by atoms with Gasteiger partial charge in [0.25, 0.3) is 0 Å². The third kappa shape index (κ3) is 5.45. The second-order valence-corrected chi connectivity index (χ2v) is 7.94. The summed E-state index contributed by atoms with van der Waals surface area (Å²) in [7, 11) is 0. The lowest BCUT2D eigenvalue weighted by atomic mass is 10.0. The summed E-state index contributed by atoms with van der Waals surface area (Å²) in [4.78, 5) is 35.8. The summed E-state index contributed by atoms with van der Waals surface area (Å²) in [6, 6.07) is 4.49. The van der Waals surface area contributed by atoms with Crippen molar-refractivity contribution in [2.75, 3.05) is 5.75 Å². The van der Waals surface area contributed by atoms with Crippen LogP contribution in [0.1, 0.15) is 25.8 Å². The molecule has 1 saturated heterocycles. The lowest BCUT2D eigenvalue weighted by molar-refractivity contribution is -0.142. The Bertz CT molecular complexity index is 683. The first-order valence-electron chi connectivity index (χ1n) is 8.46. The Balaban J connectivity index is 1.93. The van der Waals surface area contributed by atoms with Crippen LogP contribution in [0.2, 0.25) is 0 Å². The number of rotatable bonds is 7. The van der Waals surface area contributed by atoms with Gasteiger partial charge in [0.2, 0.25) is 11.8 Å². The second kappa shape index (κ2) is 9.02. The Morgan fingerprint density at radius 1 is 1.38 bits per heavy atom. The molecule has 1 aliphatic heterocycles. The Hall–Kier alpha value is -2.09. The van der Waals surface area contributed by atoms with E-state index >= 15 is 0 Å². The first-order valence-corrected chi connectivity index (χ1v) is 9.51. The van der Waals surface area contributed by atoms with E-state index in [4.69, 9.17) is 0 Å². The zero-order valence-electron chi connectivity index (χ0n) is 14.7. The van der Waals surface area contributed by atoms with E-state index in [0.29, 0.717) is 17.7 Å².